The molecule has 3 nitrogen and oxygen atoms in total. The number of para-hydroxylation sites is 1. The molecule has 0 amide bonds. The zero-order valence-corrected chi connectivity index (χ0v) is 12.3. The number of hydrogen-bond donors (Lipinski definition) is 1. The minimum absolute atomic E-state index is 0.115. The van der Waals surface area contributed by atoms with Gasteiger partial charge in [-0.05, 0) is 30.7 Å². The molecule has 1 atom stereocenters. The van der Waals surface area contributed by atoms with Crippen LogP contribution in [0.1, 0.15) is 19.4 Å². The summed E-state index contributed by atoms with van der Waals surface area (Å²) in [4.78, 5) is 0. The van der Waals surface area contributed by atoms with E-state index in [1.54, 1.807) is 7.11 Å². The van der Waals surface area contributed by atoms with Gasteiger partial charge in [-0.1, -0.05) is 19.1 Å². The standard InChI is InChI=1S/C14H23NO2S/c1-4-18-9-8-17-14-12(10-11(2)15)6-5-7-13(14)16-3/h5-7,11H,4,8-10,15H2,1-3H3. The van der Waals surface area contributed by atoms with E-state index in [1.165, 1.54) is 0 Å². The Hall–Kier alpha value is -0.870. The molecule has 0 heterocycles. The van der Waals surface area contributed by atoms with Crippen molar-refractivity contribution < 1.29 is 9.47 Å². The first-order valence-electron chi connectivity index (χ1n) is 6.31. The van der Waals surface area contributed by atoms with Crippen LogP contribution >= 0.6 is 11.8 Å². The van der Waals surface area contributed by atoms with E-state index >= 15 is 0 Å². The van der Waals surface area contributed by atoms with Gasteiger partial charge in [-0.3, -0.25) is 0 Å². The molecule has 102 valence electrons. The summed E-state index contributed by atoms with van der Waals surface area (Å²) in [5.41, 5.74) is 6.98. The number of ether oxygens (including phenoxy) is 2. The van der Waals surface area contributed by atoms with Gasteiger partial charge in [-0.2, -0.15) is 11.8 Å². The molecule has 0 fully saturated rings. The molecule has 0 aromatic heterocycles. The van der Waals surface area contributed by atoms with Crippen LogP contribution in [0, 0.1) is 0 Å². The van der Waals surface area contributed by atoms with E-state index in [9.17, 15) is 0 Å². The summed E-state index contributed by atoms with van der Waals surface area (Å²) in [6.07, 6.45) is 0.799. The number of nitrogens with two attached hydrogens (primary N) is 1. The predicted molar refractivity (Wildman–Crippen MR) is 78.8 cm³/mol. The van der Waals surface area contributed by atoms with Crippen LogP contribution < -0.4 is 15.2 Å². The molecule has 0 spiro atoms. The number of rotatable bonds is 8. The molecule has 0 bridgehead atoms. The SMILES string of the molecule is CCSCCOc1c(CC(C)N)cccc1OC. The van der Waals surface area contributed by atoms with E-state index in [4.69, 9.17) is 15.2 Å². The highest BCUT2D eigenvalue weighted by Crippen LogP contribution is 2.31. The lowest BCUT2D eigenvalue weighted by Crippen LogP contribution is -2.18. The van der Waals surface area contributed by atoms with Crippen molar-refractivity contribution in [2.24, 2.45) is 5.73 Å². The van der Waals surface area contributed by atoms with Crippen molar-refractivity contribution in [2.75, 3.05) is 25.2 Å². The van der Waals surface area contributed by atoms with E-state index in [1.807, 2.05) is 36.9 Å². The smallest absolute Gasteiger partial charge is 0.164 e. The predicted octanol–water partition coefficient (Wildman–Crippen LogP) is 2.72. The van der Waals surface area contributed by atoms with E-state index in [0.717, 1.165) is 35.0 Å². The van der Waals surface area contributed by atoms with E-state index in [0.29, 0.717) is 6.61 Å². The summed E-state index contributed by atoms with van der Waals surface area (Å²) < 4.78 is 11.2. The van der Waals surface area contributed by atoms with E-state index in [2.05, 4.69) is 6.92 Å². The number of benzene rings is 1. The molecule has 0 saturated heterocycles. The molecule has 0 saturated carbocycles. The molecule has 1 aromatic carbocycles. The lowest BCUT2D eigenvalue weighted by molar-refractivity contribution is 0.309. The van der Waals surface area contributed by atoms with Crippen LogP contribution in [0.3, 0.4) is 0 Å². The van der Waals surface area contributed by atoms with Crippen LogP contribution in [0.2, 0.25) is 0 Å². The normalized spacial score (nSPS) is 12.2. The third-order valence-electron chi connectivity index (χ3n) is 2.50. The van der Waals surface area contributed by atoms with Crippen LogP contribution in [0.25, 0.3) is 0 Å². The average molecular weight is 269 g/mol. The highest BCUT2D eigenvalue weighted by molar-refractivity contribution is 7.99. The third kappa shape index (κ3) is 4.78. The Labute approximate surface area is 114 Å². The summed E-state index contributed by atoms with van der Waals surface area (Å²) in [7, 11) is 1.67. The van der Waals surface area contributed by atoms with Crippen LogP contribution in [0.5, 0.6) is 11.5 Å². The Balaban J connectivity index is 2.76. The quantitative estimate of drug-likeness (QED) is 0.737. The maximum Gasteiger partial charge on any atom is 0.164 e. The molecule has 1 aromatic rings. The first kappa shape index (κ1) is 15.2. The first-order chi connectivity index (χ1) is 8.69. The fourth-order valence-electron chi connectivity index (χ4n) is 1.74. The van der Waals surface area contributed by atoms with E-state index in [-0.39, 0.29) is 6.04 Å². The lowest BCUT2D eigenvalue weighted by Gasteiger charge is -2.16. The largest absolute Gasteiger partial charge is 0.493 e. The van der Waals surface area contributed by atoms with Gasteiger partial charge < -0.3 is 15.2 Å². The topological polar surface area (TPSA) is 44.5 Å². The van der Waals surface area contributed by atoms with Gasteiger partial charge >= 0.3 is 0 Å². The molecule has 0 aliphatic carbocycles. The lowest BCUT2D eigenvalue weighted by atomic mass is 10.1. The van der Waals surface area contributed by atoms with E-state index < -0.39 is 0 Å². The van der Waals surface area contributed by atoms with Gasteiger partial charge in [0.1, 0.15) is 0 Å². The molecule has 0 aliphatic heterocycles. The van der Waals surface area contributed by atoms with Crippen molar-refractivity contribution in [1.29, 1.82) is 0 Å². The van der Waals surface area contributed by atoms with Crippen molar-refractivity contribution >= 4 is 11.8 Å². The Morgan fingerprint density at radius 1 is 1.39 bits per heavy atom. The molecular weight excluding hydrogens is 246 g/mol. The zero-order chi connectivity index (χ0) is 13.4. The van der Waals surface area contributed by atoms with Crippen molar-refractivity contribution in [3.63, 3.8) is 0 Å². The summed E-state index contributed by atoms with van der Waals surface area (Å²) >= 11 is 1.87. The second-order valence-electron chi connectivity index (χ2n) is 4.18. The monoisotopic (exact) mass is 269 g/mol. The molecule has 2 N–H and O–H groups in total. The minimum atomic E-state index is 0.115. The third-order valence-corrected chi connectivity index (χ3v) is 3.36. The first-order valence-corrected chi connectivity index (χ1v) is 7.46. The Morgan fingerprint density at radius 2 is 2.17 bits per heavy atom. The van der Waals surface area contributed by atoms with Gasteiger partial charge in [0.2, 0.25) is 0 Å². The van der Waals surface area contributed by atoms with Crippen molar-refractivity contribution in [1.82, 2.24) is 0 Å². The summed E-state index contributed by atoms with van der Waals surface area (Å²) in [6.45, 7) is 4.84. The highest BCUT2D eigenvalue weighted by Gasteiger charge is 2.11. The van der Waals surface area contributed by atoms with Crippen LogP contribution in [-0.4, -0.2) is 31.3 Å². The molecule has 1 unspecified atom stereocenters. The summed E-state index contributed by atoms with van der Waals surface area (Å²) in [5, 5.41) is 0. The van der Waals surface area contributed by atoms with Gasteiger partial charge in [0, 0.05) is 11.8 Å². The van der Waals surface area contributed by atoms with Gasteiger partial charge in [0.05, 0.1) is 13.7 Å². The zero-order valence-electron chi connectivity index (χ0n) is 11.4. The Bertz CT molecular complexity index is 356. The van der Waals surface area contributed by atoms with Crippen molar-refractivity contribution in [2.45, 2.75) is 26.3 Å². The van der Waals surface area contributed by atoms with Gasteiger partial charge in [-0.25, -0.2) is 0 Å². The number of hydrogen-bond acceptors (Lipinski definition) is 4. The second-order valence-corrected chi connectivity index (χ2v) is 5.57. The molecule has 0 radical (unpaired) electrons. The Kier molecular flexibility index (Phi) is 6.98. The van der Waals surface area contributed by atoms with Gasteiger partial charge in [-0.15, -0.1) is 0 Å². The fraction of sp³-hybridized carbons (Fsp3) is 0.571. The summed E-state index contributed by atoms with van der Waals surface area (Å²) in [5.74, 6) is 3.73. The maximum absolute atomic E-state index is 5.86. The van der Waals surface area contributed by atoms with Gasteiger partial charge in [0.25, 0.3) is 0 Å². The van der Waals surface area contributed by atoms with Crippen LogP contribution in [0.4, 0.5) is 0 Å². The van der Waals surface area contributed by atoms with Crippen molar-refractivity contribution in [3.05, 3.63) is 23.8 Å². The molecule has 18 heavy (non-hydrogen) atoms. The number of thioether (sulfide) groups is 1. The Morgan fingerprint density at radius 3 is 2.78 bits per heavy atom. The minimum Gasteiger partial charge on any atom is -0.493 e. The van der Waals surface area contributed by atoms with Crippen LogP contribution in [-0.2, 0) is 6.42 Å². The molecule has 0 aliphatic rings. The summed E-state index contributed by atoms with van der Waals surface area (Å²) in [6, 6.07) is 6.07. The average Bonchev–Trinajstić information content (AvgIpc) is 2.35. The maximum atomic E-state index is 5.86. The van der Waals surface area contributed by atoms with Gasteiger partial charge in [0.15, 0.2) is 11.5 Å². The van der Waals surface area contributed by atoms with Crippen molar-refractivity contribution in [3.8, 4) is 11.5 Å². The highest BCUT2D eigenvalue weighted by atomic mass is 32.2. The van der Waals surface area contributed by atoms with Crippen LogP contribution in [0.15, 0.2) is 18.2 Å². The number of methoxy groups -OCH3 is 1. The molecule has 1 rings (SSSR count). The second kappa shape index (κ2) is 8.27. The molecule has 4 heteroatoms. The fourth-order valence-corrected chi connectivity index (χ4v) is 2.23. The molecular formula is C14H23NO2S.